The molecule has 1 aliphatic heterocycles. The molecule has 1 heterocycles. The zero-order chi connectivity index (χ0) is 21.8. The van der Waals surface area contributed by atoms with Crippen molar-refractivity contribution in [3.8, 4) is 0 Å². The number of carbonyl (C=O) groups is 3. The van der Waals surface area contributed by atoms with E-state index in [-0.39, 0.29) is 23.6 Å². The molecule has 0 radical (unpaired) electrons. The normalized spacial score (nSPS) is 16.0. The summed E-state index contributed by atoms with van der Waals surface area (Å²) in [5, 5.41) is 3.79. The van der Waals surface area contributed by atoms with Crippen LogP contribution in [0.15, 0.2) is 48.5 Å². The minimum absolute atomic E-state index is 0.0533. The van der Waals surface area contributed by atoms with Crippen molar-refractivity contribution in [2.45, 2.75) is 19.4 Å². The van der Waals surface area contributed by atoms with E-state index in [0.717, 1.165) is 17.1 Å². The van der Waals surface area contributed by atoms with Crippen LogP contribution in [0.1, 0.15) is 23.7 Å². The Bertz CT molecular complexity index is 983. The first-order chi connectivity index (χ1) is 14.3. The van der Waals surface area contributed by atoms with Crippen molar-refractivity contribution in [3.05, 3.63) is 65.7 Å². The van der Waals surface area contributed by atoms with Gasteiger partial charge in [0.1, 0.15) is 17.7 Å². The molecule has 156 valence electrons. The first-order valence-electron chi connectivity index (χ1n) is 9.06. The summed E-state index contributed by atoms with van der Waals surface area (Å²) in [5.41, 5.74) is 3.05. The third-order valence-corrected chi connectivity index (χ3v) is 4.87. The minimum Gasteiger partial charge on any atom is -0.326 e. The standard InChI is InChI=1S/C20H18F2N4O3S/c1-2-25-19(29)16(11-17(27)23-15-9-7-14(22)8-10-15)26(20(25)30)24-18(28)12-3-5-13(21)6-4-12/h3-10,16H,2,11H2,1H3,(H,23,27)(H,24,28). The summed E-state index contributed by atoms with van der Waals surface area (Å²) in [7, 11) is 0. The molecule has 10 heteroatoms. The monoisotopic (exact) mass is 432 g/mol. The lowest BCUT2D eigenvalue weighted by Crippen LogP contribution is -2.49. The number of thiocarbonyl (C=S) groups is 1. The van der Waals surface area contributed by atoms with Crippen LogP contribution in [0.5, 0.6) is 0 Å². The molecule has 3 rings (SSSR count). The Labute approximate surface area is 176 Å². The lowest BCUT2D eigenvalue weighted by molar-refractivity contribution is -0.130. The van der Waals surface area contributed by atoms with Gasteiger partial charge in [-0.2, -0.15) is 0 Å². The minimum atomic E-state index is -1.05. The number of hydrogen-bond acceptors (Lipinski definition) is 4. The highest BCUT2D eigenvalue weighted by atomic mass is 32.1. The molecule has 1 aliphatic rings. The van der Waals surface area contributed by atoms with Crippen molar-refractivity contribution < 1.29 is 23.2 Å². The topological polar surface area (TPSA) is 81.8 Å². The summed E-state index contributed by atoms with van der Waals surface area (Å²) < 4.78 is 26.1. The number of likely N-dealkylation sites (N-methyl/N-ethyl adjacent to an activating group) is 1. The summed E-state index contributed by atoms with van der Waals surface area (Å²) in [6.07, 6.45) is -0.295. The zero-order valence-electron chi connectivity index (χ0n) is 15.9. The molecule has 3 amide bonds. The lowest BCUT2D eigenvalue weighted by atomic mass is 10.1. The van der Waals surface area contributed by atoms with Gasteiger partial charge in [-0.3, -0.25) is 24.7 Å². The molecule has 30 heavy (non-hydrogen) atoms. The van der Waals surface area contributed by atoms with E-state index in [0.29, 0.717) is 5.69 Å². The summed E-state index contributed by atoms with van der Waals surface area (Å²) >= 11 is 5.28. The average molecular weight is 432 g/mol. The van der Waals surface area contributed by atoms with Gasteiger partial charge in [-0.1, -0.05) is 0 Å². The summed E-state index contributed by atoms with van der Waals surface area (Å²) in [5.74, 6) is -2.49. The Hall–Kier alpha value is -3.40. The molecule has 0 aromatic heterocycles. The summed E-state index contributed by atoms with van der Waals surface area (Å²) in [6.45, 7) is 1.97. The number of hydrazine groups is 1. The number of halogens is 2. The van der Waals surface area contributed by atoms with Gasteiger partial charge in [0.25, 0.3) is 11.8 Å². The van der Waals surface area contributed by atoms with Crippen LogP contribution in [0, 0.1) is 11.6 Å². The molecule has 1 saturated heterocycles. The van der Waals surface area contributed by atoms with Crippen molar-refractivity contribution in [3.63, 3.8) is 0 Å². The fourth-order valence-electron chi connectivity index (χ4n) is 2.94. The third-order valence-electron chi connectivity index (χ3n) is 4.45. The molecule has 2 aromatic carbocycles. The van der Waals surface area contributed by atoms with E-state index in [2.05, 4.69) is 10.7 Å². The Kier molecular flexibility index (Phi) is 6.36. The molecule has 0 bridgehead atoms. The molecule has 0 saturated carbocycles. The number of carbonyl (C=O) groups excluding carboxylic acids is 3. The third kappa shape index (κ3) is 4.60. The predicted molar refractivity (Wildman–Crippen MR) is 109 cm³/mol. The van der Waals surface area contributed by atoms with Gasteiger partial charge in [-0.25, -0.2) is 13.8 Å². The van der Waals surface area contributed by atoms with Crippen LogP contribution in [-0.4, -0.2) is 45.3 Å². The number of benzene rings is 2. The first-order valence-corrected chi connectivity index (χ1v) is 9.47. The average Bonchev–Trinajstić information content (AvgIpc) is 2.93. The summed E-state index contributed by atoms with van der Waals surface area (Å²) in [4.78, 5) is 38.9. The zero-order valence-corrected chi connectivity index (χ0v) is 16.7. The van der Waals surface area contributed by atoms with E-state index in [1.807, 2.05) is 0 Å². The molecule has 2 aromatic rings. The van der Waals surface area contributed by atoms with Gasteiger partial charge in [0.15, 0.2) is 5.11 Å². The SMILES string of the molecule is CCN1C(=O)C(CC(=O)Nc2ccc(F)cc2)N(NC(=O)c2ccc(F)cc2)C1=S. The highest BCUT2D eigenvalue weighted by molar-refractivity contribution is 7.80. The van der Waals surface area contributed by atoms with E-state index >= 15 is 0 Å². The van der Waals surface area contributed by atoms with Crippen LogP contribution in [0.2, 0.25) is 0 Å². The number of anilines is 1. The second kappa shape index (κ2) is 8.95. The van der Waals surface area contributed by atoms with Crippen molar-refractivity contribution in [1.29, 1.82) is 0 Å². The highest BCUT2D eigenvalue weighted by Gasteiger charge is 2.43. The Morgan fingerprint density at radius 1 is 1.03 bits per heavy atom. The van der Waals surface area contributed by atoms with Crippen LogP contribution >= 0.6 is 12.2 Å². The smallest absolute Gasteiger partial charge is 0.269 e. The van der Waals surface area contributed by atoms with Gasteiger partial charge in [0, 0.05) is 17.8 Å². The maximum Gasteiger partial charge on any atom is 0.269 e. The van der Waals surface area contributed by atoms with Crippen molar-refractivity contribution in [1.82, 2.24) is 15.3 Å². The number of nitrogens with one attached hydrogen (secondary N) is 2. The van der Waals surface area contributed by atoms with Gasteiger partial charge in [0.2, 0.25) is 5.91 Å². The van der Waals surface area contributed by atoms with E-state index in [1.54, 1.807) is 6.92 Å². The number of hydrogen-bond donors (Lipinski definition) is 2. The van der Waals surface area contributed by atoms with Gasteiger partial charge >= 0.3 is 0 Å². The van der Waals surface area contributed by atoms with Crippen LogP contribution in [-0.2, 0) is 9.59 Å². The van der Waals surface area contributed by atoms with Gasteiger partial charge < -0.3 is 5.32 Å². The number of rotatable bonds is 6. The quantitative estimate of drug-likeness (QED) is 0.686. The fraction of sp³-hybridized carbons (Fsp3) is 0.200. The molecule has 1 unspecified atom stereocenters. The van der Waals surface area contributed by atoms with Crippen LogP contribution in [0.3, 0.4) is 0 Å². The Morgan fingerprint density at radius 3 is 2.17 bits per heavy atom. The highest BCUT2D eigenvalue weighted by Crippen LogP contribution is 2.20. The van der Waals surface area contributed by atoms with Crippen LogP contribution in [0.4, 0.5) is 14.5 Å². The van der Waals surface area contributed by atoms with Gasteiger partial charge in [-0.05, 0) is 67.7 Å². The van der Waals surface area contributed by atoms with E-state index in [1.165, 1.54) is 41.3 Å². The Morgan fingerprint density at radius 2 is 1.60 bits per heavy atom. The van der Waals surface area contributed by atoms with E-state index in [9.17, 15) is 23.2 Å². The Balaban J connectivity index is 1.75. The summed E-state index contributed by atoms with van der Waals surface area (Å²) in [6, 6.07) is 8.96. The van der Waals surface area contributed by atoms with Gasteiger partial charge in [0.05, 0.1) is 6.42 Å². The molecule has 7 nitrogen and oxygen atoms in total. The van der Waals surface area contributed by atoms with Crippen LogP contribution < -0.4 is 10.7 Å². The molecular formula is C20H18F2N4O3S. The number of nitrogens with zero attached hydrogens (tertiary/aromatic N) is 2. The molecule has 2 N–H and O–H groups in total. The largest absolute Gasteiger partial charge is 0.326 e. The van der Waals surface area contributed by atoms with Crippen molar-refractivity contribution >= 4 is 40.7 Å². The molecular weight excluding hydrogens is 414 g/mol. The first kappa shape index (κ1) is 21.3. The lowest BCUT2D eigenvalue weighted by Gasteiger charge is -2.24. The molecule has 1 fully saturated rings. The fourth-order valence-corrected chi connectivity index (χ4v) is 3.33. The van der Waals surface area contributed by atoms with Gasteiger partial charge in [-0.15, -0.1) is 0 Å². The van der Waals surface area contributed by atoms with Crippen LogP contribution in [0.25, 0.3) is 0 Å². The molecule has 0 spiro atoms. The second-order valence-corrected chi connectivity index (χ2v) is 6.82. The molecule has 0 aliphatic carbocycles. The maximum absolute atomic E-state index is 13.1. The number of amides is 3. The van der Waals surface area contributed by atoms with E-state index < -0.39 is 35.4 Å². The van der Waals surface area contributed by atoms with E-state index in [4.69, 9.17) is 12.2 Å². The predicted octanol–water partition coefficient (Wildman–Crippen LogP) is 2.46. The van der Waals surface area contributed by atoms with Crippen molar-refractivity contribution in [2.24, 2.45) is 0 Å². The maximum atomic E-state index is 13.1. The molecule has 1 atom stereocenters. The second-order valence-electron chi connectivity index (χ2n) is 6.46. The van der Waals surface area contributed by atoms with Crippen molar-refractivity contribution in [2.75, 3.05) is 11.9 Å².